The summed E-state index contributed by atoms with van der Waals surface area (Å²) < 4.78 is 4.87. The molecular weight excluding hydrogens is 200 g/mol. The summed E-state index contributed by atoms with van der Waals surface area (Å²) in [4.78, 5) is 21.8. The number of esters is 1. The quantitative estimate of drug-likeness (QED) is 0.710. The van der Waals surface area contributed by atoms with Gasteiger partial charge in [0, 0.05) is 5.56 Å². The summed E-state index contributed by atoms with van der Waals surface area (Å²) in [5, 5.41) is 17.8. The van der Waals surface area contributed by atoms with Gasteiger partial charge in [-0.25, -0.2) is 4.79 Å². The van der Waals surface area contributed by atoms with E-state index >= 15 is 0 Å². The molecule has 0 spiro atoms. The number of cyclic esters (lactones) is 1. The van der Waals surface area contributed by atoms with E-state index in [0.29, 0.717) is 5.56 Å². The number of aromatic hydroxyl groups is 1. The Morgan fingerprint density at radius 1 is 1.47 bits per heavy atom. The third kappa shape index (κ3) is 1.63. The Balaban J connectivity index is 2.38. The first-order valence-corrected chi connectivity index (χ1v) is 4.33. The molecule has 1 aromatic rings. The van der Waals surface area contributed by atoms with Crippen molar-refractivity contribution in [3.63, 3.8) is 0 Å². The zero-order valence-corrected chi connectivity index (χ0v) is 7.64. The molecule has 0 fully saturated rings. The molecule has 0 bridgehead atoms. The number of carbonyl (C=O) groups excluding carboxylic acids is 1. The minimum Gasteiger partial charge on any atom is -0.508 e. The van der Waals surface area contributed by atoms with Crippen LogP contribution in [0.15, 0.2) is 18.2 Å². The normalized spacial score (nSPS) is 18.4. The van der Waals surface area contributed by atoms with Gasteiger partial charge in [-0.3, -0.25) is 4.79 Å². The Bertz CT molecular complexity index is 437. The summed E-state index contributed by atoms with van der Waals surface area (Å²) in [6, 6.07) is 4.18. The lowest BCUT2D eigenvalue weighted by molar-refractivity contribution is -0.139. The summed E-state index contributed by atoms with van der Waals surface area (Å²) in [7, 11) is 0. The SMILES string of the molecule is O=C(O)C[C@H]1OC(=O)c2cc(O)ccc21. The summed E-state index contributed by atoms with van der Waals surface area (Å²) in [5.74, 6) is -1.66. The van der Waals surface area contributed by atoms with E-state index in [0.717, 1.165) is 0 Å². The van der Waals surface area contributed by atoms with Gasteiger partial charge >= 0.3 is 11.9 Å². The van der Waals surface area contributed by atoms with E-state index in [-0.39, 0.29) is 17.7 Å². The van der Waals surface area contributed by atoms with Gasteiger partial charge in [0.1, 0.15) is 11.9 Å². The first-order chi connectivity index (χ1) is 7.08. The number of benzene rings is 1. The fraction of sp³-hybridized carbons (Fsp3) is 0.200. The van der Waals surface area contributed by atoms with E-state index in [1.807, 2.05) is 0 Å². The molecule has 2 N–H and O–H groups in total. The molecule has 5 heteroatoms. The second kappa shape index (κ2) is 3.27. The van der Waals surface area contributed by atoms with Crippen LogP contribution in [0, 0.1) is 0 Å². The maximum atomic E-state index is 11.3. The third-order valence-electron chi connectivity index (χ3n) is 2.21. The highest BCUT2D eigenvalue weighted by atomic mass is 16.5. The Kier molecular flexibility index (Phi) is 2.07. The first kappa shape index (κ1) is 9.51. The third-order valence-corrected chi connectivity index (χ3v) is 2.21. The predicted octanol–water partition coefficient (Wildman–Crippen LogP) is 1.08. The molecule has 1 atom stereocenters. The monoisotopic (exact) mass is 208 g/mol. The molecule has 78 valence electrons. The highest BCUT2D eigenvalue weighted by Gasteiger charge is 2.32. The second-order valence-corrected chi connectivity index (χ2v) is 3.26. The maximum Gasteiger partial charge on any atom is 0.339 e. The van der Waals surface area contributed by atoms with E-state index in [2.05, 4.69) is 0 Å². The zero-order valence-electron chi connectivity index (χ0n) is 7.64. The van der Waals surface area contributed by atoms with Crippen molar-refractivity contribution < 1.29 is 24.5 Å². The number of carbonyl (C=O) groups is 2. The van der Waals surface area contributed by atoms with Crippen LogP contribution in [0.25, 0.3) is 0 Å². The van der Waals surface area contributed by atoms with E-state index < -0.39 is 18.0 Å². The largest absolute Gasteiger partial charge is 0.508 e. The number of fused-ring (bicyclic) bond motifs is 1. The van der Waals surface area contributed by atoms with Crippen LogP contribution in [0.3, 0.4) is 0 Å². The van der Waals surface area contributed by atoms with Crippen LogP contribution in [0.5, 0.6) is 5.75 Å². The number of ether oxygens (including phenoxy) is 1. The fourth-order valence-electron chi connectivity index (χ4n) is 1.57. The van der Waals surface area contributed by atoms with Crippen molar-refractivity contribution >= 4 is 11.9 Å². The van der Waals surface area contributed by atoms with E-state index in [1.54, 1.807) is 0 Å². The molecule has 1 aliphatic rings. The van der Waals surface area contributed by atoms with Gasteiger partial charge in [0.2, 0.25) is 0 Å². The molecule has 0 radical (unpaired) electrons. The smallest absolute Gasteiger partial charge is 0.339 e. The van der Waals surface area contributed by atoms with E-state index in [9.17, 15) is 9.59 Å². The lowest BCUT2D eigenvalue weighted by Crippen LogP contribution is -2.05. The van der Waals surface area contributed by atoms with E-state index in [1.165, 1.54) is 18.2 Å². The number of hydrogen-bond donors (Lipinski definition) is 2. The average molecular weight is 208 g/mol. The van der Waals surface area contributed by atoms with Crippen molar-refractivity contribution in [1.29, 1.82) is 0 Å². The van der Waals surface area contributed by atoms with Crippen molar-refractivity contribution in [3.05, 3.63) is 29.3 Å². The molecule has 0 amide bonds. The predicted molar refractivity (Wildman–Crippen MR) is 48.5 cm³/mol. The lowest BCUT2D eigenvalue weighted by Gasteiger charge is -2.06. The number of rotatable bonds is 2. The van der Waals surface area contributed by atoms with Gasteiger partial charge in [0.25, 0.3) is 0 Å². The van der Waals surface area contributed by atoms with Crippen molar-refractivity contribution in [2.45, 2.75) is 12.5 Å². The van der Waals surface area contributed by atoms with Crippen molar-refractivity contribution in [1.82, 2.24) is 0 Å². The Morgan fingerprint density at radius 3 is 2.87 bits per heavy atom. The first-order valence-electron chi connectivity index (χ1n) is 4.33. The van der Waals surface area contributed by atoms with Crippen molar-refractivity contribution in [2.75, 3.05) is 0 Å². The molecule has 0 saturated heterocycles. The Hall–Kier alpha value is -2.04. The average Bonchev–Trinajstić information content (AvgIpc) is 2.42. The molecule has 1 aromatic carbocycles. The number of phenols is 1. The van der Waals surface area contributed by atoms with Crippen LogP contribution in [0.1, 0.15) is 28.4 Å². The minimum atomic E-state index is -1.03. The lowest BCUT2D eigenvalue weighted by atomic mass is 10.0. The topological polar surface area (TPSA) is 83.8 Å². The summed E-state index contributed by atoms with van der Waals surface area (Å²) >= 11 is 0. The molecule has 0 unspecified atom stereocenters. The van der Waals surface area contributed by atoms with E-state index in [4.69, 9.17) is 14.9 Å². The van der Waals surface area contributed by atoms with Gasteiger partial charge in [-0.05, 0) is 12.1 Å². The number of carboxylic acid groups (broad SMARTS) is 1. The standard InChI is InChI=1S/C10H8O5/c11-5-1-2-6-7(3-5)10(14)15-8(6)4-9(12)13/h1-3,8,11H,4H2,(H,12,13)/t8-/m1/s1. The Morgan fingerprint density at radius 2 is 2.20 bits per heavy atom. The van der Waals surface area contributed by atoms with Gasteiger partial charge in [-0.1, -0.05) is 6.07 Å². The van der Waals surface area contributed by atoms with Crippen LogP contribution >= 0.6 is 0 Å². The summed E-state index contributed by atoms with van der Waals surface area (Å²) in [6.45, 7) is 0. The molecule has 0 aromatic heterocycles. The van der Waals surface area contributed by atoms with Gasteiger partial charge < -0.3 is 14.9 Å². The number of phenolic OH excluding ortho intramolecular Hbond substituents is 1. The Labute approximate surface area is 84.9 Å². The summed E-state index contributed by atoms with van der Waals surface area (Å²) in [6.07, 6.45) is -1.01. The zero-order chi connectivity index (χ0) is 11.0. The van der Waals surface area contributed by atoms with Crippen LogP contribution in [0.2, 0.25) is 0 Å². The summed E-state index contributed by atoms with van der Waals surface area (Å²) in [5.41, 5.74) is 0.751. The fourth-order valence-corrected chi connectivity index (χ4v) is 1.57. The number of carboxylic acids is 1. The van der Waals surface area contributed by atoms with Crippen LogP contribution in [-0.2, 0) is 9.53 Å². The highest BCUT2D eigenvalue weighted by molar-refractivity contribution is 5.95. The number of hydrogen-bond acceptors (Lipinski definition) is 4. The van der Waals surface area contributed by atoms with Gasteiger partial charge in [0.15, 0.2) is 0 Å². The van der Waals surface area contributed by atoms with Gasteiger partial charge in [0.05, 0.1) is 12.0 Å². The van der Waals surface area contributed by atoms with Crippen LogP contribution in [0.4, 0.5) is 0 Å². The number of aliphatic carboxylic acids is 1. The molecule has 1 heterocycles. The van der Waals surface area contributed by atoms with Gasteiger partial charge in [-0.2, -0.15) is 0 Å². The molecular formula is C10H8O5. The van der Waals surface area contributed by atoms with Gasteiger partial charge in [-0.15, -0.1) is 0 Å². The molecule has 2 rings (SSSR count). The van der Waals surface area contributed by atoms with Crippen LogP contribution in [-0.4, -0.2) is 22.2 Å². The molecule has 5 nitrogen and oxygen atoms in total. The van der Waals surface area contributed by atoms with Crippen molar-refractivity contribution in [3.8, 4) is 5.75 Å². The molecule has 0 saturated carbocycles. The molecule has 1 aliphatic heterocycles. The highest BCUT2D eigenvalue weighted by Crippen LogP contribution is 2.34. The molecule has 0 aliphatic carbocycles. The minimum absolute atomic E-state index is 0.0401. The van der Waals surface area contributed by atoms with Crippen molar-refractivity contribution in [2.24, 2.45) is 0 Å². The second-order valence-electron chi connectivity index (χ2n) is 3.26. The van der Waals surface area contributed by atoms with Crippen LogP contribution < -0.4 is 0 Å². The maximum absolute atomic E-state index is 11.3. The molecule has 15 heavy (non-hydrogen) atoms.